The lowest BCUT2D eigenvalue weighted by Crippen LogP contribution is -2.22. The molecule has 0 aliphatic heterocycles. The fourth-order valence-electron chi connectivity index (χ4n) is 1.89. The van der Waals surface area contributed by atoms with Crippen LogP contribution in [0.5, 0.6) is 11.5 Å². The van der Waals surface area contributed by atoms with Gasteiger partial charge in [-0.1, -0.05) is 29.8 Å². The quantitative estimate of drug-likeness (QED) is 0.762. The summed E-state index contributed by atoms with van der Waals surface area (Å²) >= 11 is 6.07. The van der Waals surface area contributed by atoms with Crippen LogP contribution in [0.25, 0.3) is 0 Å². The number of benzene rings is 2. The van der Waals surface area contributed by atoms with Crippen molar-refractivity contribution in [3.8, 4) is 11.5 Å². The van der Waals surface area contributed by atoms with Crippen molar-refractivity contribution < 1.29 is 24.2 Å². The summed E-state index contributed by atoms with van der Waals surface area (Å²) in [4.78, 5) is 21.6. The van der Waals surface area contributed by atoms with Gasteiger partial charge in [-0.05, 0) is 29.3 Å². The van der Waals surface area contributed by atoms with Crippen LogP contribution in [0.4, 0.5) is 0 Å². The number of carboxylic acids is 1. The van der Waals surface area contributed by atoms with Crippen LogP contribution in [0, 0.1) is 0 Å². The van der Waals surface area contributed by atoms with Gasteiger partial charge in [0.1, 0.15) is 12.9 Å². The van der Waals surface area contributed by atoms with Crippen LogP contribution < -0.4 is 14.6 Å². The zero-order valence-corrected chi connectivity index (χ0v) is 12.4. The summed E-state index contributed by atoms with van der Waals surface area (Å²) in [5, 5.41) is 11.1. The molecule has 22 heavy (non-hydrogen) atoms. The predicted molar refractivity (Wildman–Crippen MR) is 78.5 cm³/mol. The second-order valence-corrected chi connectivity index (χ2v) is 4.84. The lowest BCUT2D eigenvalue weighted by molar-refractivity contribution is -0.255. The standard InChI is InChI=1S/C16H13ClO5/c1-21-14-7-11(8-18)6-13(17)15(14)22-9-10-3-2-4-12(5-10)16(19)20/h2-8H,9H2,1H3,(H,19,20)/p-1. The zero-order valence-electron chi connectivity index (χ0n) is 11.7. The molecule has 5 nitrogen and oxygen atoms in total. The fraction of sp³-hybridized carbons (Fsp3) is 0.125. The number of carbonyl (C=O) groups is 2. The highest BCUT2D eigenvalue weighted by molar-refractivity contribution is 6.32. The van der Waals surface area contributed by atoms with E-state index in [0.29, 0.717) is 23.2 Å². The molecule has 114 valence electrons. The number of methoxy groups -OCH3 is 1. The van der Waals surface area contributed by atoms with Crippen molar-refractivity contribution in [3.63, 3.8) is 0 Å². The molecule has 2 aromatic rings. The van der Waals surface area contributed by atoms with Crippen molar-refractivity contribution in [1.29, 1.82) is 0 Å². The topological polar surface area (TPSA) is 75.7 Å². The molecule has 0 atom stereocenters. The van der Waals surface area contributed by atoms with E-state index in [9.17, 15) is 14.7 Å². The number of hydrogen-bond acceptors (Lipinski definition) is 5. The van der Waals surface area contributed by atoms with Gasteiger partial charge in [-0.25, -0.2) is 0 Å². The van der Waals surface area contributed by atoms with E-state index in [-0.39, 0.29) is 22.9 Å². The molecule has 0 amide bonds. The molecule has 0 heterocycles. The van der Waals surface area contributed by atoms with E-state index in [1.54, 1.807) is 12.1 Å². The third kappa shape index (κ3) is 3.56. The molecule has 0 N–H and O–H groups in total. The van der Waals surface area contributed by atoms with Crippen molar-refractivity contribution in [2.45, 2.75) is 6.61 Å². The zero-order chi connectivity index (χ0) is 16.1. The maximum absolute atomic E-state index is 10.8. The molecule has 6 heteroatoms. The van der Waals surface area contributed by atoms with Gasteiger partial charge in [-0.15, -0.1) is 0 Å². The van der Waals surface area contributed by atoms with Crippen molar-refractivity contribution >= 4 is 23.9 Å². The van der Waals surface area contributed by atoms with Gasteiger partial charge in [0.25, 0.3) is 0 Å². The fourth-order valence-corrected chi connectivity index (χ4v) is 2.17. The summed E-state index contributed by atoms with van der Waals surface area (Å²) in [6.45, 7) is 0.0949. The van der Waals surface area contributed by atoms with Crippen LogP contribution in [0.3, 0.4) is 0 Å². The number of carboxylic acid groups (broad SMARTS) is 1. The molecule has 2 rings (SSSR count). The molecule has 0 saturated carbocycles. The highest BCUT2D eigenvalue weighted by Gasteiger charge is 2.12. The van der Waals surface area contributed by atoms with Crippen LogP contribution in [0.2, 0.25) is 5.02 Å². The summed E-state index contributed by atoms with van der Waals surface area (Å²) < 4.78 is 10.7. The minimum atomic E-state index is -1.26. The van der Waals surface area contributed by atoms with Crippen LogP contribution in [0.1, 0.15) is 26.3 Å². The lowest BCUT2D eigenvalue weighted by Gasteiger charge is -2.13. The maximum Gasteiger partial charge on any atom is 0.180 e. The van der Waals surface area contributed by atoms with E-state index < -0.39 is 5.97 Å². The number of aromatic carboxylic acids is 1. The Hall–Kier alpha value is -2.53. The Balaban J connectivity index is 2.23. The largest absolute Gasteiger partial charge is 0.545 e. The average Bonchev–Trinajstić information content (AvgIpc) is 2.53. The Morgan fingerprint density at radius 1 is 1.32 bits per heavy atom. The average molecular weight is 320 g/mol. The van der Waals surface area contributed by atoms with E-state index in [0.717, 1.165) is 0 Å². The highest BCUT2D eigenvalue weighted by atomic mass is 35.5. The number of ether oxygens (including phenoxy) is 2. The van der Waals surface area contributed by atoms with Crippen LogP contribution >= 0.6 is 11.6 Å². The molecular weight excluding hydrogens is 308 g/mol. The monoisotopic (exact) mass is 319 g/mol. The Labute approximate surface area is 132 Å². The Kier molecular flexibility index (Phi) is 5.01. The SMILES string of the molecule is COc1cc(C=O)cc(Cl)c1OCc1cccc(C(=O)[O-])c1. The van der Waals surface area contributed by atoms with E-state index in [1.807, 2.05) is 0 Å². The first-order valence-corrected chi connectivity index (χ1v) is 6.68. The van der Waals surface area contributed by atoms with Gasteiger partial charge in [-0.3, -0.25) is 4.79 Å². The molecule has 0 aliphatic rings. The van der Waals surface area contributed by atoms with Crippen LogP contribution in [-0.2, 0) is 6.61 Å². The smallest absolute Gasteiger partial charge is 0.180 e. The summed E-state index contributed by atoms with van der Waals surface area (Å²) in [5.41, 5.74) is 1.07. The first-order chi connectivity index (χ1) is 10.5. The molecule has 0 saturated heterocycles. The van der Waals surface area contributed by atoms with Crippen LogP contribution in [0.15, 0.2) is 36.4 Å². The molecule has 2 aromatic carbocycles. The molecular formula is C16H12ClO5-. The molecule has 0 aliphatic carbocycles. The number of halogens is 1. The highest BCUT2D eigenvalue weighted by Crippen LogP contribution is 2.36. The maximum atomic E-state index is 10.8. The third-order valence-corrected chi connectivity index (χ3v) is 3.21. The number of hydrogen-bond donors (Lipinski definition) is 0. The normalized spacial score (nSPS) is 10.1. The third-order valence-electron chi connectivity index (χ3n) is 2.93. The summed E-state index contributed by atoms with van der Waals surface area (Å²) in [6, 6.07) is 9.17. The molecule has 0 bridgehead atoms. The van der Waals surface area contributed by atoms with Gasteiger partial charge in [-0.2, -0.15) is 0 Å². The minimum Gasteiger partial charge on any atom is -0.545 e. The first-order valence-electron chi connectivity index (χ1n) is 6.31. The molecule has 0 radical (unpaired) electrons. The van der Waals surface area contributed by atoms with Gasteiger partial charge >= 0.3 is 0 Å². The Bertz CT molecular complexity index is 712. The van der Waals surface area contributed by atoms with Crippen molar-refractivity contribution in [2.75, 3.05) is 7.11 Å². The number of aldehydes is 1. The van der Waals surface area contributed by atoms with E-state index in [2.05, 4.69) is 0 Å². The van der Waals surface area contributed by atoms with Gasteiger partial charge < -0.3 is 19.4 Å². The first kappa shape index (κ1) is 15.9. The summed E-state index contributed by atoms with van der Waals surface area (Å²) in [7, 11) is 1.43. The molecule has 0 unspecified atom stereocenters. The van der Waals surface area contributed by atoms with Crippen molar-refractivity contribution in [2.24, 2.45) is 0 Å². The van der Waals surface area contributed by atoms with Crippen molar-refractivity contribution in [3.05, 3.63) is 58.1 Å². The van der Waals surface area contributed by atoms with E-state index in [1.165, 1.54) is 31.4 Å². The number of carbonyl (C=O) groups excluding carboxylic acids is 2. The number of rotatable bonds is 6. The van der Waals surface area contributed by atoms with Gasteiger partial charge in [0.05, 0.1) is 18.1 Å². The van der Waals surface area contributed by atoms with E-state index >= 15 is 0 Å². The molecule has 0 aromatic heterocycles. The molecule has 0 spiro atoms. The van der Waals surface area contributed by atoms with Crippen LogP contribution in [-0.4, -0.2) is 19.4 Å². The van der Waals surface area contributed by atoms with Gasteiger partial charge in [0.15, 0.2) is 11.5 Å². The molecule has 0 fully saturated rings. The second-order valence-electron chi connectivity index (χ2n) is 4.43. The Morgan fingerprint density at radius 2 is 2.09 bits per heavy atom. The second kappa shape index (κ2) is 6.95. The lowest BCUT2D eigenvalue weighted by atomic mass is 10.1. The Morgan fingerprint density at radius 3 is 2.73 bits per heavy atom. The van der Waals surface area contributed by atoms with E-state index in [4.69, 9.17) is 21.1 Å². The van der Waals surface area contributed by atoms with Gasteiger partial charge in [0.2, 0.25) is 0 Å². The summed E-state index contributed by atoms with van der Waals surface area (Å²) in [6.07, 6.45) is 0.654. The predicted octanol–water partition coefficient (Wildman–Crippen LogP) is 2.10. The minimum absolute atomic E-state index is 0.0652. The van der Waals surface area contributed by atoms with Gasteiger partial charge in [0, 0.05) is 5.56 Å². The van der Waals surface area contributed by atoms with Crippen molar-refractivity contribution in [1.82, 2.24) is 0 Å². The summed E-state index contributed by atoms with van der Waals surface area (Å²) in [5.74, 6) is -0.646.